The summed E-state index contributed by atoms with van der Waals surface area (Å²) in [6.45, 7) is 3.43. The van der Waals surface area contributed by atoms with E-state index in [2.05, 4.69) is 14.9 Å². The Morgan fingerprint density at radius 1 is 1.16 bits per heavy atom. The summed E-state index contributed by atoms with van der Waals surface area (Å²) in [5.74, 6) is 0. The topological polar surface area (TPSA) is 74.8 Å². The van der Waals surface area contributed by atoms with E-state index in [1.54, 1.807) is 13.8 Å². The SMILES string of the molecule is Cc1n[nH]c(C)c1NS(=O)(=O)c1cc(Cl)cc(Cl)c1. The van der Waals surface area contributed by atoms with Gasteiger partial charge in [0.05, 0.1) is 22.0 Å². The summed E-state index contributed by atoms with van der Waals surface area (Å²) < 4.78 is 26.9. The number of aromatic amines is 1. The predicted octanol–water partition coefficient (Wildman–Crippen LogP) is 3.13. The first-order valence-electron chi connectivity index (χ1n) is 5.30. The minimum atomic E-state index is -3.75. The Balaban J connectivity index is 2.43. The Kier molecular flexibility index (Phi) is 3.75. The molecule has 1 aromatic heterocycles. The fraction of sp³-hybridized carbons (Fsp3) is 0.182. The fourth-order valence-electron chi connectivity index (χ4n) is 1.58. The van der Waals surface area contributed by atoms with Crippen molar-refractivity contribution in [1.29, 1.82) is 0 Å². The number of hydrogen-bond acceptors (Lipinski definition) is 3. The van der Waals surface area contributed by atoms with E-state index in [1.807, 2.05) is 0 Å². The van der Waals surface area contributed by atoms with Gasteiger partial charge in [0.25, 0.3) is 10.0 Å². The Morgan fingerprint density at radius 3 is 2.21 bits per heavy atom. The van der Waals surface area contributed by atoms with Crippen molar-refractivity contribution in [2.24, 2.45) is 0 Å². The molecule has 2 aromatic rings. The Morgan fingerprint density at radius 2 is 1.74 bits per heavy atom. The zero-order chi connectivity index (χ0) is 14.2. The van der Waals surface area contributed by atoms with Crippen LogP contribution in [-0.4, -0.2) is 18.6 Å². The lowest BCUT2D eigenvalue weighted by atomic mass is 10.3. The highest BCUT2D eigenvalue weighted by atomic mass is 35.5. The Labute approximate surface area is 121 Å². The predicted molar refractivity (Wildman–Crippen MR) is 75.3 cm³/mol. The maximum absolute atomic E-state index is 12.2. The molecule has 19 heavy (non-hydrogen) atoms. The number of aromatic nitrogens is 2. The molecule has 0 atom stereocenters. The summed E-state index contributed by atoms with van der Waals surface area (Å²) in [7, 11) is -3.75. The number of benzene rings is 1. The van der Waals surface area contributed by atoms with Crippen LogP contribution >= 0.6 is 23.2 Å². The van der Waals surface area contributed by atoms with Crippen LogP contribution < -0.4 is 4.72 Å². The van der Waals surface area contributed by atoms with Gasteiger partial charge in [0.2, 0.25) is 0 Å². The molecule has 8 heteroatoms. The highest BCUT2D eigenvalue weighted by Gasteiger charge is 2.19. The number of nitrogens with zero attached hydrogens (tertiary/aromatic N) is 1. The second kappa shape index (κ2) is 5.03. The molecule has 0 aliphatic rings. The van der Waals surface area contributed by atoms with Crippen molar-refractivity contribution in [2.75, 3.05) is 4.72 Å². The van der Waals surface area contributed by atoms with Gasteiger partial charge in [0.1, 0.15) is 0 Å². The minimum absolute atomic E-state index is 0.00463. The highest BCUT2D eigenvalue weighted by Crippen LogP contribution is 2.25. The molecule has 0 aliphatic heterocycles. The summed E-state index contributed by atoms with van der Waals surface area (Å²) in [6.07, 6.45) is 0. The average molecular weight is 320 g/mol. The molecule has 0 bridgehead atoms. The van der Waals surface area contributed by atoms with Gasteiger partial charge < -0.3 is 0 Å². The van der Waals surface area contributed by atoms with Crippen molar-refractivity contribution in [2.45, 2.75) is 18.7 Å². The van der Waals surface area contributed by atoms with Crippen molar-refractivity contribution in [3.8, 4) is 0 Å². The molecule has 0 saturated heterocycles. The number of anilines is 1. The first-order valence-corrected chi connectivity index (χ1v) is 7.54. The van der Waals surface area contributed by atoms with Crippen LogP contribution in [0.1, 0.15) is 11.4 Å². The maximum atomic E-state index is 12.2. The second-order valence-corrected chi connectivity index (χ2v) is 6.57. The van der Waals surface area contributed by atoms with E-state index in [4.69, 9.17) is 23.2 Å². The van der Waals surface area contributed by atoms with Gasteiger partial charge in [0, 0.05) is 10.0 Å². The number of H-pyrrole nitrogens is 1. The maximum Gasteiger partial charge on any atom is 0.262 e. The van der Waals surface area contributed by atoms with E-state index >= 15 is 0 Å². The van der Waals surface area contributed by atoms with Crippen molar-refractivity contribution < 1.29 is 8.42 Å². The number of nitrogens with one attached hydrogen (secondary N) is 2. The number of aryl methyl sites for hydroxylation is 2. The van der Waals surface area contributed by atoms with E-state index in [1.165, 1.54) is 18.2 Å². The third-order valence-corrected chi connectivity index (χ3v) is 4.28. The van der Waals surface area contributed by atoms with E-state index in [-0.39, 0.29) is 14.9 Å². The smallest absolute Gasteiger partial charge is 0.262 e. The molecule has 1 heterocycles. The van der Waals surface area contributed by atoms with Gasteiger partial charge in [-0.15, -0.1) is 0 Å². The molecule has 5 nitrogen and oxygen atoms in total. The van der Waals surface area contributed by atoms with Crippen LogP contribution in [0.5, 0.6) is 0 Å². The monoisotopic (exact) mass is 319 g/mol. The number of rotatable bonds is 3. The largest absolute Gasteiger partial charge is 0.280 e. The molecule has 102 valence electrons. The summed E-state index contributed by atoms with van der Waals surface area (Å²) in [4.78, 5) is 0.00463. The van der Waals surface area contributed by atoms with Gasteiger partial charge in [-0.25, -0.2) is 8.42 Å². The van der Waals surface area contributed by atoms with Crippen LogP contribution in [0.2, 0.25) is 10.0 Å². The number of halogens is 2. The van der Waals surface area contributed by atoms with Gasteiger partial charge in [0.15, 0.2) is 0 Å². The van der Waals surface area contributed by atoms with E-state index in [9.17, 15) is 8.42 Å². The number of hydrogen-bond donors (Lipinski definition) is 2. The van der Waals surface area contributed by atoms with Crippen LogP contribution in [0.3, 0.4) is 0 Å². The fourth-order valence-corrected chi connectivity index (χ4v) is 3.49. The quantitative estimate of drug-likeness (QED) is 0.912. The van der Waals surface area contributed by atoms with Gasteiger partial charge in [-0.05, 0) is 32.0 Å². The van der Waals surface area contributed by atoms with Gasteiger partial charge in [-0.3, -0.25) is 9.82 Å². The van der Waals surface area contributed by atoms with Crippen molar-refractivity contribution in [3.63, 3.8) is 0 Å². The minimum Gasteiger partial charge on any atom is -0.280 e. The van der Waals surface area contributed by atoms with Gasteiger partial charge >= 0.3 is 0 Å². The van der Waals surface area contributed by atoms with E-state index < -0.39 is 10.0 Å². The zero-order valence-corrected chi connectivity index (χ0v) is 12.5. The molecular formula is C11H11Cl2N3O2S. The van der Waals surface area contributed by atoms with Crippen molar-refractivity contribution in [3.05, 3.63) is 39.6 Å². The van der Waals surface area contributed by atoms with Crippen LogP contribution in [0, 0.1) is 13.8 Å². The first kappa shape index (κ1) is 14.2. The van der Waals surface area contributed by atoms with Crippen LogP contribution in [0.25, 0.3) is 0 Å². The van der Waals surface area contributed by atoms with E-state index in [0.29, 0.717) is 17.1 Å². The molecule has 0 amide bonds. The zero-order valence-electron chi connectivity index (χ0n) is 10.2. The lowest BCUT2D eigenvalue weighted by Crippen LogP contribution is -2.14. The average Bonchev–Trinajstić information content (AvgIpc) is 2.59. The second-order valence-electron chi connectivity index (χ2n) is 4.02. The van der Waals surface area contributed by atoms with E-state index in [0.717, 1.165) is 0 Å². The molecular weight excluding hydrogens is 309 g/mol. The Bertz CT molecular complexity index is 686. The molecule has 2 N–H and O–H groups in total. The standard InChI is InChI=1S/C11H11Cl2N3O2S/c1-6-11(7(2)15-14-6)16-19(17,18)10-4-8(12)3-9(13)5-10/h3-5,16H,1-2H3,(H,14,15). The van der Waals surface area contributed by atoms with Crippen molar-refractivity contribution >= 4 is 38.9 Å². The third-order valence-electron chi connectivity index (χ3n) is 2.51. The summed E-state index contributed by atoms with van der Waals surface area (Å²) in [5, 5.41) is 7.15. The van der Waals surface area contributed by atoms with Crippen LogP contribution in [0.15, 0.2) is 23.1 Å². The molecule has 0 saturated carbocycles. The van der Waals surface area contributed by atoms with Gasteiger partial charge in [-0.2, -0.15) is 5.10 Å². The van der Waals surface area contributed by atoms with Crippen LogP contribution in [0.4, 0.5) is 5.69 Å². The molecule has 1 aromatic carbocycles. The Hall–Kier alpha value is -1.24. The molecule has 0 spiro atoms. The number of sulfonamides is 1. The lowest BCUT2D eigenvalue weighted by Gasteiger charge is -2.09. The molecule has 0 unspecified atom stereocenters. The van der Waals surface area contributed by atoms with Crippen LogP contribution in [-0.2, 0) is 10.0 Å². The van der Waals surface area contributed by atoms with Crippen molar-refractivity contribution in [1.82, 2.24) is 10.2 Å². The summed E-state index contributed by atoms with van der Waals surface area (Å²) in [5.41, 5.74) is 1.62. The highest BCUT2D eigenvalue weighted by molar-refractivity contribution is 7.92. The van der Waals surface area contributed by atoms with Gasteiger partial charge in [-0.1, -0.05) is 23.2 Å². The summed E-state index contributed by atoms with van der Waals surface area (Å²) >= 11 is 11.6. The molecule has 0 radical (unpaired) electrons. The lowest BCUT2D eigenvalue weighted by molar-refractivity contribution is 0.601. The molecule has 2 rings (SSSR count). The third kappa shape index (κ3) is 3.02. The first-order chi connectivity index (χ1) is 8.79. The molecule has 0 aliphatic carbocycles. The normalized spacial score (nSPS) is 11.6. The molecule has 0 fully saturated rings. The summed E-state index contributed by atoms with van der Waals surface area (Å²) in [6, 6.07) is 4.14.